The summed E-state index contributed by atoms with van der Waals surface area (Å²) in [7, 11) is -3.89. The van der Waals surface area contributed by atoms with E-state index in [4.69, 9.17) is 9.88 Å². The fourth-order valence-electron chi connectivity index (χ4n) is 5.33. The molecule has 6 rings (SSSR count). The van der Waals surface area contributed by atoms with Crippen LogP contribution >= 0.6 is 11.8 Å². The molecule has 6 aromatic carbocycles. The number of rotatable bonds is 14. The second kappa shape index (κ2) is 18.0. The van der Waals surface area contributed by atoms with Gasteiger partial charge < -0.3 is 20.7 Å². The van der Waals surface area contributed by atoms with E-state index in [1.165, 1.54) is 36.0 Å². The highest BCUT2D eigenvalue weighted by atomic mass is 32.2. The molecule has 1 atom stereocenters. The number of primary sulfonamides is 1. The van der Waals surface area contributed by atoms with E-state index in [2.05, 4.69) is 16.0 Å². The molecule has 0 aliphatic carbocycles. The Bertz CT molecular complexity index is 2390. The molecule has 0 heterocycles. The molecule has 0 saturated heterocycles. The maximum Gasteiger partial charge on any atom is 0.272 e. The molecule has 3 amide bonds. The van der Waals surface area contributed by atoms with Crippen LogP contribution in [0, 0.1) is 0 Å². The molecule has 276 valence electrons. The molecule has 0 saturated carbocycles. The van der Waals surface area contributed by atoms with Gasteiger partial charge in [0.15, 0.2) is 0 Å². The molecule has 0 fully saturated rings. The van der Waals surface area contributed by atoms with Gasteiger partial charge in [-0.25, -0.2) is 13.6 Å². The molecule has 55 heavy (non-hydrogen) atoms. The molecular formula is C43H36N4O6S2. The lowest BCUT2D eigenvalue weighted by atomic mass is 10.1. The zero-order valence-corrected chi connectivity index (χ0v) is 30.9. The van der Waals surface area contributed by atoms with Crippen LogP contribution in [0.1, 0.15) is 32.3 Å². The highest BCUT2D eigenvalue weighted by Crippen LogP contribution is 2.37. The standard InChI is InChI=1S/C43H36N4O6S2/c44-55(51,52)38-25-21-34(22-26-38)45-43(50)40(32-13-6-2-7-14-32)54-37-18-10-17-35(28-37)46-42(49)39(47-41(48)33-15-8-3-9-16-33)27-30-19-23-36(24-20-30)53-29-31-11-4-1-5-12-31/h1-28,40H,29H2,(H,45,50)(H,46,49)(H,47,48)(H2,44,51,52)/b39-27-. The third kappa shape index (κ3) is 11.0. The summed E-state index contributed by atoms with van der Waals surface area (Å²) in [6, 6.07) is 47.3. The quantitative estimate of drug-likeness (QED) is 0.0651. The van der Waals surface area contributed by atoms with Crippen molar-refractivity contribution in [2.45, 2.75) is 21.6 Å². The summed E-state index contributed by atoms with van der Waals surface area (Å²) in [5, 5.41) is 13.0. The Labute approximate surface area is 323 Å². The normalized spacial score (nSPS) is 11.9. The fraction of sp³-hybridized carbons (Fsp3) is 0.0465. The summed E-state index contributed by atoms with van der Waals surface area (Å²) >= 11 is 1.27. The van der Waals surface area contributed by atoms with E-state index in [1.807, 2.05) is 66.7 Å². The molecule has 1 unspecified atom stereocenters. The molecule has 12 heteroatoms. The second-order valence-electron chi connectivity index (χ2n) is 12.2. The molecule has 0 aromatic heterocycles. The Morgan fingerprint density at radius 1 is 0.691 bits per heavy atom. The Kier molecular flexibility index (Phi) is 12.5. The van der Waals surface area contributed by atoms with Crippen LogP contribution in [0.15, 0.2) is 179 Å². The van der Waals surface area contributed by atoms with E-state index < -0.39 is 27.1 Å². The first-order valence-electron chi connectivity index (χ1n) is 17.0. The number of carbonyl (C=O) groups is 3. The molecule has 5 N–H and O–H groups in total. The fourth-order valence-corrected chi connectivity index (χ4v) is 6.93. The van der Waals surface area contributed by atoms with E-state index in [9.17, 15) is 22.8 Å². The monoisotopic (exact) mass is 768 g/mol. The number of hydrogen-bond acceptors (Lipinski definition) is 7. The lowest BCUT2D eigenvalue weighted by Crippen LogP contribution is -2.30. The highest BCUT2D eigenvalue weighted by Gasteiger charge is 2.23. The summed E-state index contributed by atoms with van der Waals surface area (Å²) in [5.74, 6) is -0.710. The van der Waals surface area contributed by atoms with Gasteiger partial charge in [0.05, 0.1) is 4.90 Å². The molecule has 0 aliphatic rings. The van der Waals surface area contributed by atoms with Crippen molar-refractivity contribution in [2.24, 2.45) is 5.14 Å². The van der Waals surface area contributed by atoms with Crippen molar-refractivity contribution in [3.05, 3.63) is 192 Å². The van der Waals surface area contributed by atoms with Crippen molar-refractivity contribution in [2.75, 3.05) is 10.6 Å². The van der Waals surface area contributed by atoms with E-state index >= 15 is 0 Å². The lowest BCUT2D eigenvalue weighted by molar-refractivity contribution is -0.116. The number of thioether (sulfide) groups is 1. The van der Waals surface area contributed by atoms with Crippen molar-refractivity contribution >= 4 is 57.0 Å². The minimum Gasteiger partial charge on any atom is -0.489 e. The third-order valence-electron chi connectivity index (χ3n) is 8.10. The van der Waals surface area contributed by atoms with Gasteiger partial charge in [-0.05, 0) is 89.5 Å². The van der Waals surface area contributed by atoms with Gasteiger partial charge in [-0.3, -0.25) is 14.4 Å². The number of benzene rings is 6. The predicted molar refractivity (Wildman–Crippen MR) is 216 cm³/mol. The Morgan fingerprint density at radius 2 is 1.33 bits per heavy atom. The minimum atomic E-state index is -3.89. The van der Waals surface area contributed by atoms with Crippen LogP contribution in [0.4, 0.5) is 11.4 Å². The van der Waals surface area contributed by atoms with Gasteiger partial charge in [-0.2, -0.15) is 0 Å². The van der Waals surface area contributed by atoms with Gasteiger partial charge in [0, 0.05) is 21.8 Å². The van der Waals surface area contributed by atoms with Crippen molar-refractivity contribution in [1.29, 1.82) is 0 Å². The maximum atomic E-state index is 13.8. The van der Waals surface area contributed by atoms with E-state index in [-0.39, 0.29) is 16.5 Å². The first-order chi connectivity index (χ1) is 26.6. The number of amides is 3. The maximum absolute atomic E-state index is 13.8. The van der Waals surface area contributed by atoms with Crippen LogP contribution in [0.3, 0.4) is 0 Å². The van der Waals surface area contributed by atoms with E-state index in [0.29, 0.717) is 39.8 Å². The molecule has 6 aromatic rings. The molecule has 10 nitrogen and oxygen atoms in total. The third-order valence-corrected chi connectivity index (χ3v) is 10.3. The highest BCUT2D eigenvalue weighted by molar-refractivity contribution is 8.00. The Morgan fingerprint density at radius 3 is 1.98 bits per heavy atom. The smallest absolute Gasteiger partial charge is 0.272 e. The average Bonchev–Trinajstić information content (AvgIpc) is 3.20. The molecule has 0 spiro atoms. The predicted octanol–water partition coefficient (Wildman–Crippen LogP) is 7.79. The average molecular weight is 769 g/mol. The zero-order chi connectivity index (χ0) is 38.6. The molecule has 0 bridgehead atoms. The van der Waals surface area contributed by atoms with Gasteiger partial charge in [-0.15, -0.1) is 11.8 Å². The van der Waals surface area contributed by atoms with Crippen LogP contribution in [-0.2, 0) is 26.2 Å². The van der Waals surface area contributed by atoms with E-state index in [0.717, 1.165) is 11.1 Å². The summed E-state index contributed by atoms with van der Waals surface area (Å²) in [4.78, 5) is 41.3. The van der Waals surface area contributed by atoms with Gasteiger partial charge in [0.1, 0.15) is 23.3 Å². The number of nitrogens with two attached hydrogens (primary N) is 1. The largest absolute Gasteiger partial charge is 0.489 e. The SMILES string of the molecule is NS(=O)(=O)c1ccc(NC(=O)C(Sc2cccc(NC(=O)/C(=C/c3ccc(OCc4ccccc4)cc3)NC(=O)c3ccccc3)c2)c2ccccc2)cc1. The van der Waals surface area contributed by atoms with Crippen molar-refractivity contribution in [1.82, 2.24) is 5.32 Å². The Balaban J connectivity index is 1.20. The number of carbonyl (C=O) groups excluding carboxylic acids is 3. The van der Waals surface area contributed by atoms with E-state index in [1.54, 1.807) is 78.9 Å². The van der Waals surface area contributed by atoms with Gasteiger partial charge in [0.25, 0.3) is 11.8 Å². The van der Waals surface area contributed by atoms with Crippen molar-refractivity contribution in [3.8, 4) is 5.75 Å². The molecule has 0 radical (unpaired) electrons. The zero-order valence-electron chi connectivity index (χ0n) is 29.3. The second-order valence-corrected chi connectivity index (χ2v) is 14.9. The number of nitrogens with one attached hydrogen (secondary N) is 3. The number of ether oxygens (including phenoxy) is 1. The number of anilines is 2. The van der Waals surface area contributed by atoms with Crippen LogP contribution in [0.2, 0.25) is 0 Å². The topological polar surface area (TPSA) is 157 Å². The Hall–Kier alpha value is -6.47. The lowest BCUT2D eigenvalue weighted by Gasteiger charge is -2.18. The van der Waals surface area contributed by atoms with Crippen LogP contribution in [-0.4, -0.2) is 26.1 Å². The number of sulfonamides is 1. The molecule has 0 aliphatic heterocycles. The molecular weight excluding hydrogens is 733 g/mol. The first-order valence-corrected chi connectivity index (χ1v) is 19.4. The minimum absolute atomic E-state index is 0.0138. The van der Waals surface area contributed by atoms with Crippen LogP contribution in [0.5, 0.6) is 5.75 Å². The van der Waals surface area contributed by atoms with Gasteiger partial charge >= 0.3 is 0 Å². The summed E-state index contributed by atoms with van der Waals surface area (Å²) in [6.45, 7) is 0.405. The van der Waals surface area contributed by atoms with Gasteiger partial charge in [-0.1, -0.05) is 97.1 Å². The summed E-state index contributed by atoms with van der Waals surface area (Å²) in [5.41, 5.74) is 3.65. The van der Waals surface area contributed by atoms with Crippen molar-refractivity contribution < 1.29 is 27.5 Å². The van der Waals surface area contributed by atoms with Crippen LogP contribution in [0.25, 0.3) is 6.08 Å². The number of hydrogen-bond donors (Lipinski definition) is 4. The van der Waals surface area contributed by atoms with Crippen LogP contribution < -0.4 is 25.8 Å². The first kappa shape index (κ1) is 38.3. The summed E-state index contributed by atoms with van der Waals surface area (Å²) < 4.78 is 29.3. The van der Waals surface area contributed by atoms with Crippen molar-refractivity contribution in [3.63, 3.8) is 0 Å². The van der Waals surface area contributed by atoms with Gasteiger partial charge in [0.2, 0.25) is 15.9 Å². The summed E-state index contributed by atoms with van der Waals surface area (Å²) in [6.07, 6.45) is 1.58.